The highest BCUT2D eigenvalue weighted by molar-refractivity contribution is 7.90. The number of unbranched alkanes of at least 4 members (excludes halogenated alkanes) is 9. The Morgan fingerprint density at radius 3 is 1.94 bits per heavy atom. The van der Waals surface area contributed by atoms with Crippen LogP contribution < -0.4 is 4.72 Å². The number of carboxylic acid groups (broad SMARTS) is 1. The van der Waals surface area contributed by atoms with E-state index in [-0.39, 0.29) is 6.42 Å². The normalized spacial score (nSPS) is 13.2. The molecule has 190 valence electrons. The average Bonchev–Trinajstić information content (AvgIpc) is 2.70. The molecule has 0 unspecified atom stereocenters. The molecule has 0 fully saturated rings. The van der Waals surface area contributed by atoms with Gasteiger partial charge >= 0.3 is 16.2 Å². The SMILES string of the molecule is CCCCCCCCCCCCN([C@H](CC(=O)O)C[N+](C)(C)C)S(=O)(=O)Nc1ccccc1. The van der Waals surface area contributed by atoms with Crippen LogP contribution in [0.4, 0.5) is 5.69 Å². The van der Waals surface area contributed by atoms with Crippen LogP contribution in [0.5, 0.6) is 0 Å². The lowest BCUT2D eigenvalue weighted by Crippen LogP contribution is -2.53. The Balaban J connectivity index is 2.77. The second-order valence-electron chi connectivity index (χ2n) is 9.99. The van der Waals surface area contributed by atoms with Gasteiger partial charge in [0.25, 0.3) is 0 Å². The van der Waals surface area contributed by atoms with E-state index >= 15 is 0 Å². The monoisotopic (exact) mass is 484 g/mol. The van der Waals surface area contributed by atoms with E-state index in [1.165, 1.54) is 49.3 Å². The number of hydrogen-bond donors (Lipinski definition) is 2. The van der Waals surface area contributed by atoms with Gasteiger partial charge in [0.15, 0.2) is 0 Å². The standard InChI is InChI=1S/C25H45N3O4S/c1-5-6-7-8-9-10-11-12-13-17-20-27(24(21-25(29)30)22-28(2,3)4)33(31,32)26-23-18-15-14-16-19-23/h14-16,18-19,24,26H,5-13,17,20-22H2,1-4H3/p+1/t24-/m1/s1. The molecule has 0 spiro atoms. The Hall–Kier alpha value is -1.64. The minimum absolute atomic E-state index is 0.219. The van der Waals surface area contributed by atoms with Crippen molar-refractivity contribution in [1.29, 1.82) is 0 Å². The number of rotatable bonds is 19. The van der Waals surface area contributed by atoms with Gasteiger partial charge in [0.05, 0.1) is 40.2 Å². The van der Waals surface area contributed by atoms with Gasteiger partial charge in [-0.15, -0.1) is 0 Å². The van der Waals surface area contributed by atoms with E-state index in [0.29, 0.717) is 23.3 Å². The van der Waals surface area contributed by atoms with Crippen molar-refractivity contribution in [2.75, 3.05) is 39.0 Å². The Bertz CT molecular complexity index is 764. The van der Waals surface area contributed by atoms with Crippen molar-refractivity contribution in [2.45, 2.75) is 83.6 Å². The lowest BCUT2D eigenvalue weighted by Gasteiger charge is -2.35. The van der Waals surface area contributed by atoms with Gasteiger partial charge in [0.2, 0.25) is 0 Å². The molecule has 0 saturated heterocycles. The molecule has 2 N–H and O–H groups in total. The van der Waals surface area contributed by atoms with Gasteiger partial charge in [0.1, 0.15) is 0 Å². The third-order valence-electron chi connectivity index (χ3n) is 5.64. The van der Waals surface area contributed by atoms with Crippen molar-refractivity contribution in [1.82, 2.24) is 4.31 Å². The molecule has 33 heavy (non-hydrogen) atoms. The fourth-order valence-electron chi connectivity index (χ4n) is 4.06. The molecule has 0 bridgehead atoms. The maximum atomic E-state index is 13.3. The predicted octanol–water partition coefficient (Wildman–Crippen LogP) is 5.12. The number of carbonyl (C=O) groups is 1. The molecule has 7 nitrogen and oxygen atoms in total. The van der Waals surface area contributed by atoms with E-state index in [2.05, 4.69) is 11.6 Å². The molecule has 1 rings (SSSR count). The van der Waals surface area contributed by atoms with Gasteiger partial charge < -0.3 is 9.59 Å². The zero-order valence-electron chi connectivity index (χ0n) is 21.1. The zero-order chi connectivity index (χ0) is 24.7. The largest absolute Gasteiger partial charge is 0.481 e. The molecule has 8 heteroatoms. The van der Waals surface area contributed by atoms with Crippen LogP contribution in [0.3, 0.4) is 0 Å². The van der Waals surface area contributed by atoms with Crippen LogP contribution in [-0.2, 0) is 15.0 Å². The van der Waals surface area contributed by atoms with Crippen molar-refractivity contribution in [2.24, 2.45) is 0 Å². The number of nitrogens with zero attached hydrogens (tertiary/aromatic N) is 2. The summed E-state index contributed by atoms with van der Waals surface area (Å²) in [5, 5.41) is 9.48. The van der Waals surface area contributed by atoms with Gasteiger partial charge in [0, 0.05) is 12.2 Å². The highest BCUT2D eigenvalue weighted by Gasteiger charge is 2.34. The molecule has 0 radical (unpaired) electrons. The first kappa shape index (κ1) is 29.4. The van der Waals surface area contributed by atoms with Crippen molar-refractivity contribution in [3.63, 3.8) is 0 Å². The van der Waals surface area contributed by atoms with Crippen molar-refractivity contribution in [3.8, 4) is 0 Å². The summed E-state index contributed by atoms with van der Waals surface area (Å²) in [6, 6.07) is 8.13. The van der Waals surface area contributed by atoms with Crippen LogP contribution in [0.25, 0.3) is 0 Å². The van der Waals surface area contributed by atoms with E-state index < -0.39 is 22.2 Å². The van der Waals surface area contributed by atoms with Crippen LogP contribution in [0.15, 0.2) is 30.3 Å². The topological polar surface area (TPSA) is 86.7 Å². The molecule has 0 aliphatic carbocycles. The molecule has 1 aromatic rings. The molecule has 0 aliphatic rings. The van der Waals surface area contributed by atoms with E-state index in [0.717, 1.165) is 19.3 Å². The number of quaternary nitrogens is 1. The third-order valence-corrected chi connectivity index (χ3v) is 7.23. The quantitative estimate of drug-likeness (QED) is 0.211. The maximum Gasteiger partial charge on any atom is 0.305 e. The molecule has 0 saturated carbocycles. The number of likely N-dealkylation sites (N-methyl/N-ethyl adjacent to an activating group) is 1. The molecular weight excluding hydrogens is 438 g/mol. The first-order chi connectivity index (χ1) is 15.5. The second-order valence-corrected chi connectivity index (χ2v) is 11.6. The molecule has 1 aromatic carbocycles. The zero-order valence-corrected chi connectivity index (χ0v) is 21.9. The van der Waals surface area contributed by atoms with E-state index in [1.807, 2.05) is 27.2 Å². The number of aliphatic carboxylic acids is 1. The molecule has 0 aromatic heterocycles. The predicted molar refractivity (Wildman–Crippen MR) is 136 cm³/mol. The number of anilines is 1. The van der Waals surface area contributed by atoms with Gasteiger partial charge in [-0.2, -0.15) is 12.7 Å². The highest BCUT2D eigenvalue weighted by atomic mass is 32.2. The number of carboxylic acids is 1. The fourth-order valence-corrected chi connectivity index (χ4v) is 5.51. The first-order valence-corrected chi connectivity index (χ1v) is 13.9. The lowest BCUT2D eigenvalue weighted by molar-refractivity contribution is -0.872. The lowest BCUT2D eigenvalue weighted by atomic mass is 10.1. The Morgan fingerprint density at radius 2 is 1.45 bits per heavy atom. The molecule has 1 atom stereocenters. The summed E-state index contributed by atoms with van der Waals surface area (Å²) < 4.78 is 31.1. The van der Waals surface area contributed by atoms with Crippen molar-refractivity contribution >= 4 is 21.9 Å². The Labute approximate surface area is 201 Å². The minimum Gasteiger partial charge on any atom is -0.481 e. The van der Waals surface area contributed by atoms with Gasteiger partial charge in [-0.3, -0.25) is 9.52 Å². The number of benzene rings is 1. The second kappa shape index (κ2) is 15.3. The van der Waals surface area contributed by atoms with Gasteiger partial charge in [-0.25, -0.2) is 0 Å². The summed E-state index contributed by atoms with van der Waals surface area (Å²) in [6.45, 7) is 2.96. The van der Waals surface area contributed by atoms with Crippen LogP contribution in [-0.4, -0.2) is 68.6 Å². The van der Waals surface area contributed by atoms with Gasteiger partial charge in [-0.05, 0) is 18.6 Å². The van der Waals surface area contributed by atoms with E-state index in [4.69, 9.17) is 0 Å². The summed E-state index contributed by atoms with van der Waals surface area (Å²) in [6.07, 6.45) is 11.4. The fraction of sp³-hybridized carbons (Fsp3) is 0.720. The van der Waals surface area contributed by atoms with Crippen molar-refractivity contribution in [3.05, 3.63) is 30.3 Å². The smallest absolute Gasteiger partial charge is 0.305 e. The summed E-state index contributed by atoms with van der Waals surface area (Å²) >= 11 is 0. The van der Waals surface area contributed by atoms with Crippen LogP contribution in [0.1, 0.15) is 77.6 Å². The first-order valence-electron chi connectivity index (χ1n) is 12.4. The average molecular weight is 485 g/mol. The minimum atomic E-state index is -3.89. The molecule has 0 heterocycles. The van der Waals surface area contributed by atoms with Crippen molar-refractivity contribution < 1.29 is 22.8 Å². The van der Waals surface area contributed by atoms with Crippen LogP contribution in [0.2, 0.25) is 0 Å². The number of para-hydroxylation sites is 1. The summed E-state index contributed by atoms with van der Waals surface area (Å²) in [4.78, 5) is 11.6. The van der Waals surface area contributed by atoms with Crippen LogP contribution in [0, 0.1) is 0 Å². The maximum absolute atomic E-state index is 13.3. The highest BCUT2D eigenvalue weighted by Crippen LogP contribution is 2.19. The van der Waals surface area contributed by atoms with Gasteiger partial charge in [-0.1, -0.05) is 82.9 Å². The molecule has 0 amide bonds. The van der Waals surface area contributed by atoms with Crippen LogP contribution >= 0.6 is 0 Å². The number of nitrogens with one attached hydrogen (secondary N) is 1. The summed E-state index contributed by atoms with van der Waals surface area (Å²) in [5.41, 5.74) is 0.477. The number of hydrogen-bond acceptors (Lipinski definition) is 3. The summed E-state index contributed by atoms with van der Waals surface area (Å²) in [7, 11) is 1.95. The third kappa shape index (κ3) is 13.6. The molecule has 0 aliphatic heterocycles. The Morgan fingerprint density at radius 1 is 0.939 bits per heavy atom. The van der Waals surface area contributed by atoms with E-state index in [1.54, 1.807) is 24.3 Å². The van der Waals surface area contributed by atoms with E-state index in [9.17, 15) is 18.3 Å². The molecular formula is C25H46N3O4S+. The summed E-state index contributed by atoms with van der Waals surface area (Å²) in [5.74, 6) is -0.989. The Kier molecular flexibility index (Phi) is 13.6.